The highest BCUT2D eigenvalue weighted by Crippen LogP contribution is 2.23. The number of benzene rings is 2. The van der Waals surface area contributed by atoms with Crippen molar-refractivity contribution in [3.05, 3.63) is 70.1 Å². The first kappa shape index (κ1) is 19.0. The van der Waals surface area contributed by atoms with E-state index in [4.69, 9.17) is 18.6 Å². The smallest absolute Gasteiger partial charge is 0.338 e. The zero-order valence-corrected chi connectivity index (χ0v) is 15.6. The lowest BCUT2D eigenvalue weighted by molar-refractivity contribution is 0.0473. The molecule has 1 aliphatic heterocycles. The number of hydrogen-bond donors (Lipinski definition) is 1. The van der Waals surface area contributed by atoms with Crippen LogP contribution < -0.4 is 10.4 Å². The third-order valence-corrected chi connectivity index (χ3v) is 4.72. The number of rotatable bonds is 6. The van der Waals surface area contributed by atoms with Crippen molar-refractivity contribution < 1.29 is 28.5 Å². The van der Waals surface area contributed by atoms with Gasteiger partial charge >= 0.3 is 11.6 Å². The Morgan fingerprint density at radius 2 is 1.97 bits per heavy atom. The molecule has 0 unspecified atom stereocenters. The molecule has 7 heteroatoms. The molecule has 2 aromatic carbocycles. The van der Waals surface area contributed by atoms with Crippen LogP contribution in [0.4, 0.5) is 0 Å². The largest absolute Gasteiger partial charge is 0.508 e. The number of carbonyl (C=O) groups excluding carboxylic acids is 1. The summed E-state index contributed by atoms with van der Waals surface area (Å²) in [5.74, 6) is 0.121. The molecule has 0 aliphatic carbocycles. The van der Waals surface area contributed by atoms with Gasteiger partial charge in [-0.25, -0.2) is 9.59 Å². The van der Waals surface area contributed by atoms with Gasteiger partial charge in [-0.3, -0.25) is 0 Å². The Morgan fingerprint density at radius 1 is 1.14 bits per heavy atom. The molecule has 1 saturated heterocycles. The summed E-state index contributed by atoms with van der Waals surface area (Å²) in [5.41, 5.74) is 0.527. The zero-order valence-electron chi connectivity index (χ0n) is 15.6. The molecule has 1 atom stereocenters. The fourth-order valence-electron chi connectivity index (χ4n) is 3.22. The van der Waals surface area contributed by atoms with Gasteiger partial charge in [0.15, 0.2) is 0 Å². The first-order chi connectivity index (χ1) is 14.1. The number of esters is 1. The molecule has 4 rings (SSSR count). The van der Waals surface area contributed by atoms with Crippen molar-refractivity contribution >= 4 is 16.9 Å². The van der Waals surface area contributed by atoms with Crippen molar-refractivity contribution in [2.24, 2.45) is 0 Å². The Kier molecular flexibility index (Phi) is 5.48. The van der Waals surface area contributed by atoms with Crippen LogP contribution in [-0.4, -0.2) is 30.4 Å². The third-order valence-electron chi connectivity index (χ3n) is 4.72. The normalized spacial score (nSPS) is 16.1. The molecular weight excluding hydrogens is 376 g/mol. The van der Waals surface area contributed by atoms with E-state index >= 15 is 0 Å². The summed E-state index contributed by atoms with van der Waals surface area (Å²) in [4.78, 5) is 24.1. The van der Waals surface area contributed by atoms with Crippen molar-refractivity contribution in [1.82, 2.24) is 0 Å². The van der Waals surface area contributed by atoms with Gasteiger partial charge in [0, 0.05) is 29.7 Å². The molecule has 3 aromatic rings. The summed E-state index contributed by atoms with van der Waals surface area (Å²) in [6.07, 6.45) is 2.18. The molecule has 0 spiro atoms. The van der Waals surface area contributed by atoms with E-state index < -0.39 is 11.6 Å². The molecule has 0 amide bonds. The number of phenolic OH excluding ortho intramolecular Hbond substituents is 1. The average Bonchev–Trinajstić information content (AvgIpc) is 3.24. The van der Waals surface area contributed by atoms with Gasteiger partial charge in [-0.2, -0.15) is 0 Å². The standard InChI is InChI=1S/C22H20O7/c23-16-5-8-19-15(10-21(24)29-20(19)11-16)12-28-22(25)14-3-6-17(7-4-14)27-13-18-2-1-9-26-18/h3-8,10-11,18,23H,1-2,9,12-13H2/t18-/m0/s1. The predicted octanol–water partition coefficient (Wildman–Crippen LogP) is 3.41. The van der Waals surface area contributed by atoms with E-state index in [0.29, 0.717) is 28.9 Å². The quantitative estimate of drug-likeness (QED) is 0.504. The molecule has 1 N–H and O–H groups in total. The molecule has 0 saturated carbocycles. The highest BCUT2D eigenvalue weighted by atomic mass is 16.5. The van der Waals surface area contributed by atoms with Gasteiger partial charge in [0.25, 0.3) is 0 Å². The topological polar surface area (TPSA) is 95.2 Å². The Labute approximate surface area is 166 Å². The van der Waals surface area contributed by atoms with Gasteiger partial charge in [-0.05, 0) is 49.2 Å². The van der Waals surface area contributed by atoms with Gasteiger partial charge in [-0.15, -0.1) is 0 Å². The first-order valence-electron chi connectivity index (χ1n) is 9.36. The molecule has 29 heavy (non-hydrogen) atoms. The van der Waals surface area contributed by atoms with Crippen molar-refractivity contribution in [2.45, 2.75) is 25.6 Å². The zero-order chi connectivity index (χ0) is 20.2. The monoisotopic (exact) mass is 396 g/mol. The lowest BCUT2D eigenvalue weighted by atomic mass is 10.1. The van der Waals surface area contributed by atoms with E-state index in [1.807, 2.05) is 0 Å². The maximum Gasteiger partial charge on any atom is 0.338 e. The summed E-state index contributed by atoms with van der Waals surface area (Å²) in [6, 6.07) is 12.4. The van der Waals surface area contributed by atoms with Crippen LogP contribution in [0.3, 0.4) is 0 Å². The maximum atomic E-state index is 12.3. The number of carbonyl (C=O) groups is 1. The summed E-state index contributed by atoms with van der Waals surface area (Å²) in [7, 11) is 0. The van der Waals surface area contributed by atoms with E-state index in [2.05, 4.69) is 0 Å². The minimum absolute atomic E-state index is 0.0170. The Balaban J connectivity index is 1.39. The molecule has 1 aromatic heterocycles. The van der Waals surface area contributed by atoms with Crippen LogP contribution in [0.1, 0.15) is 28.8 Å². The third kappa shape index (κ3) is 4.57. The molecule has 1 fully saturated rings. The molecule has 150 valence electrons. The van der Waals surface area contributed by atoms with E-state index in [1.54, 1.807) is 30.3 Å². The van der Waals surface area contributed by atoms with Crippen molar-refractivity contribution in [3.8, 4) is 11.5 Å². The number of fused-ring (bicyclic) bond motifs is 1. The van der Waals surface area contributed by atoms with Gasteiger partial charge in [0.05, 0.1) is 11.7 Å². The Morgan fingerprint density at radius 3 is 2.72 bits per heavy atom. The average molecular weight is 396 g/mol. The van der Waals surface area contributed by atoms with Crippen LogP contribution in [0.5, 0.6) is 11.5 Å². The lowest BCUT2D eigenvalue weighted by Crippen LogP contribution is -2.16. The predicted molar refractivity (Wildman–Crippen MR) is 104 cm³/mol. The highest BCUT2D eigenvalue weighted by Gasteiger charge is 2.16. The maximum absolute atomic E-state index is 12.3. The van der Waals surface area contributed by atoms with Crippen LogP contribution in [0.2, 0.25) is 0 Å². The molecular formula is C22H20O7. The van der Waals surface area contributed by atoms with Crippen LogP contribution in [-0.2, 0) is 16.1 Å². The van der Waals surface area contributed by atoms with Crippen LogP contribution in [0.25, 0.3) is 11.0 Å². The minimum atomic E-state index is -0.582. The lowest BCUT2D eigenvalue weighted by Gasteiger charge is -2.12. The van der Waals surface area contributed by atoms with Crippen LogP contribution >= 0.6 is 0 Å². The molecule has 0 bridgehead atoms. The highest BCUT2D eigenvalue weighted by molar-refractivity contribution is 5.89. The van der Waals surface area contributed by atoms with Gasteiger partial charge in [0.1, 0.15) is 30.3 Å². The number of aromatic hydroxyl groups is 1. The van der Waals surface area contributed by atoms with E-state index in [1.165, 1.54) is 18.2 Å². The number of hydrogen-bond acceptors (Lipinski definition) is 7. The molecule has 7 nitrogen and oxygen atoms in total. The van der Waals surface area contributed by atoms with Crippen LogP contribution in [0.15, 0.2) is 57.7 Å². The summed E-state index contributed by atoms with van der Waals surface area (Å²) < 4.78 is 21.6. The van der Waals surface area contributed by atoms with Gasteiger partial charge in [-0.1, -0.05) is 0 Å². The summed E-state index contributed by atoms with van der Waals surface area (Å²) >= 11 is 0. The second kappa shape index (κ2) is 8.36. The Bertz CT molecular complexity index is 1060. The van der Waals surface area contributed by atoms with Crippen molar-refractivity contribution in [1.29, 1.82) is 0 Å². The summed E-state index contributed by atoms with van der Waals surface area (Å²) in [6.45, 7) is 1.17. The van der Waals surface area contributed by atoms with Gasteiger partial charge in [0.2, 0.25) is 0 Å². The minimum Gasteiger partial charge on any atom is -0.508 e. The van der Waals surface area contributed by atoms with Crippen LogP contribution in [0, 0.1) is 0 Å². The van der Waals surface area contributed by atoms with E-state index in [-0.39, 0.29) is 24.0 Å². The van der Waals surface area contributed by atoms with E-state index in [0.717, 1.165) is 19.4 Å². The fourth-order valence-corrected chi connectivity index (χ4v) is 3.22. The number of ether oxygens (including phenoxy) is 3. The molecule has 0 radical (unpaired) electrons. The summed E-state index contributed by atoms with van der Waals surface area (Å²) in [5, 5.41) is 10.1. The van der Waals surface area contributed by atoms with E-state index in [9.17, 15) is 14.7 Å². The second-order valence-electron chi connectivity index (χ2n) is 6.82. The second-order valence-corrected chi connectivity index (χ2v) is 6.82. The number of phenols is 1. The van der Waals surface area contributed by atoms with Crippen molar-refractivity contribution in [3.63, 3.8) is 0 Å². The molecule has 1 aliphatic rings. The Hall–Kier alpha value is -3.32. The SMILES string of the molecule is O=C(OCc1cc(=O)oc2cc(O)ccc12)c1ccc(OC[C@@H]2CCCO2)cc1. The molecule has 2 heterocycles. The van der Waals surface area contributed by atoms with Gasteiger partial charge < -0.3 is 23.7 Å². The first-order valence-corrected chi connectivity index (χ1v) is 9.36. The van der Waals surface area contributed by atoms with Crippen molar-refractivity contribution in [2.75, 3.05) is 13.2 Å². The fraction of sp³-hybridized carbons (Fsp3) is 0.273.